The van der Waals surface area contributed by atoms with Crippen molar-refractivity contribution in [2.75, 3.05) is 24.6 Å². The van der Waals surface area contributed by atoms with Gasteiger partial charge in [-0.2, -0.15) is 11.8 Å². The maximum atomic E-state index is 3.26. The Hall–Kier alpha value is 1.95. The molecule has 1 aliphatic heterocycles. The third-order valence-corrected chi connectivity index (χ3v) is 1.83. The number of rotatable bonds is 0. The average Bonchev–Trinajstić information content (AvgIpc) is 1.72. The van der Waals surface area contributed by atoms with E-state index in [1.54, 1.807) is 0 Å². The van der Waals surface area contributed by atoms with E-state index < -0.39 is 0 Å². The van der Waals surface area contributed by atoms with Gasteiger partial charge in [0.2, 0.25) is 0 Å². The minimum atomic E-state index is 0. The molecule has 1 fully saturated rings. The van der Waals surface area contributed by atoms with Crippen LogP contribution in [0.5, 0.6) is 0 Å². The molecule has 38 valence electrons. The van der Waals surface area contributed by atoms with Crippen molar-refractivity contribution in [2.24, 2.45) is 0 Å². The molecule has 3 heteroatoms. The van der Waals surface area contributed by atoms with Crippen LogP contribution in [0, 0.1) is 0 Å². The summed E-state index contributed by atoms with van der Waals surface area (Å²) in [6.07, 6.45) is 0. The van der Waals surface area contributed by atoms with E-state index in [0.717, 1.165) is 0 Å². The van der Waals surface area contributed by atoms with E-state index in [1.807, 2.05) is 11.8 Å². The first-order valence-corrected chi connectivity index (χ1v) is 3.44. The van der Waals surface area contributed by atoms with Gasteiger partial charge in [0.05, 0.1) is 0 Å². The van der Waals surface area contributed by atoms with Gasteiger partial charge >= 0.3 is 51.4 Å². The monoisotopic (exact) mass is 143 g/mol. The van der Waals surface area contributed by atoms with Crippen molar-refractivity contribution >= 4 is 63.1 Å². The summed E-state index contributed by atoms with van der Waals surface area (Å²) in [6.45, 7) is 2.43. The summed E-state index contributed by atoms with van der Waals surface area (Å²) in [5, 5.41) is 3.26. The van der Waals surface area contributed by atoms with Crippen LogP contribution in [-0.2, 0) is 0 Å². The van der Waals surface area contributed by atoms with Crippen molar-refractivity contribution in [3.63, 3.8) is 0 Å². The number of thioether (sulfide) groups is 1. The van der Waals surface area contributed by atoms with Gasteiger partial charge in [-0.1, -0.05) is 0 Å². The molecule has 1 rings (SSSR count). The van der Waals surface area contributed by atoms with E-state index in [2.05, 4.69) is 5.32 Å². The SMILES string of the molecule is C1CSCCN1.[KH]. The van der Waals surface area contributed by atoms with Crippen LogP contribution >= 0.6 is 11.8 Å². The van der Waals surface area contributed by atoms with Crippen LogP contribution in [0.25, 0.3) is 0 Å². The summed E-state index contributed by atoms with van der Waals surface area (Å²) in [5.74, 6) is 2.61. The fourth-order valence-corrected chi connectivity index (χ4v) is 1.30. The van der Waals surface area contributed by atoms with Gasteiger partial charge in [0, 0.05) is 24.6 Å². The van der Waals surface area contributed by atoms with E-state index in [1.165, 1.54) is 24.6 Å². The molecule has 0 bridgehead atoms. The summed E-state index contributed by atoms with van der Waals surface area (Å²) in [7, 11) is 0. The van der Waals surface area contributed by atoms with Gasteiger partial charge in [-0.15, -0.1) is 0 Å². The number of nitrogens with one attached hydrogen (secondary N) is 1. The van der Waals surface area contributed by atoms with E-state index >= 15 is 0 Å². The van der Waals surface area contributed by atoms with Crippen LogP contribution in [0.2, 0.25) is 0 Å². The molecule has 0 amide bonds. The summed E-state index contributed by atoms with van der Waals surface area (Å²) < 4.78 is 0. The van der Waals surface area contributed by atoms with Crippen LogP contribution in [0.4, 0.5) is 0 Å². The predicted octanol–water partition coefficient (Wildman–Crippen LogP) is -0.326. The minimum absolute atomic E-state index is 0. The Morgan fingerprint density at radius 1 is 1.14 bits per heavy atom. The second-order valence-electron chi connectivity index (χ2n) is 1.36. The molecule has 0 radical (unpaired) electrons. The van der Waals surface area contributed by atoms with Crippen LogP contribution in [0.1, 0.15) is 0 Å². The third kappa shape index (κ3) is 4.45. The van der Waals surface area contributed by atoms with Gasteiger partial charge in [-0.05, 0) is 0 Å². The van der Waals surface area contributed by atoms with E-state index in [-0.39, 0.29) is 51.4 Å². The first-order chi connectivity index (χ1) is 3.00. The average molecular weight is 143 g/mol. The zero-order chi connectivity index (χ0) is 4.24. The number of hydrogen-bond donors (Lipinski definition) is 1. The Kier molecular flexibility index (Phi) is 7.76. The van der Waals surface area contributed by atoms with Gasteiger partial charge < -0.3 is 5.32 Å². The summed E-state index contributed by atoms with van der Waals surface area (Å²) in [4.78, 5) is 0. The topological polar surface area (TPSA) is 12.0 Å². The fraction of sp³-hybridized carbons (Fsp3) is 1.00. The van der Waals surface area contributed by atoms with Crippen LogP contribution in [0.3, 0.4) is 0 Å². The molecule has 1 aliphatic rings. The van der Waals surface area contributed by atoms with Crippen molar-refractivity contribution in [3.8, 4) is 0 Å². The second kappa shape index (κ2) is 6.07. The molecule has 0 aromatic rings. The number of hydrogen-bond acceptors (Lipinski definition) is 2. The quantitative estimate of drug-likeness (QED) is 0.466. The molecular formula is C4H10KNS. The maximum absolute atomic E-state index is 3.26. The van der Waals surface area contributed by atoms with Gasteiger partial charge in [-0.25, -0.2) is 0 Å². The Morgan fingerprint density at radius 3 is 1.86 bits per heavy atom. The molecule has 0 unspecified atom stereocenters. The van der Waals surface area contributed by atoms with Crippen LogP contribution < -0.4 is 5.32 Å². The molecule has 0 aliphatic carbocycles. The molecule has 0 atom stereocenters. The second-order valence-corrected chi connectivity index (χ2v) is 2.59. The third-order valence-electron chi connectivity index (χ3n) is 0.846. The zero-order valence-corrected chi connectivity index (χ0v) is 4.55. The molecule has 0 aromatic heterocycles. The molecule has 7 heavy (non-hydrogen) atoms. The van der Waals surface area contributed by atoms with Gasteiger partial charge in [0.1, 0.15) is 0 Å². The molecule has 0 spiro atoms. The Morgan fingerprint density at radius 2 is 1.71 bits per heavy atom. The van der Waals surface area contributed by atoms with Crippen molar-refractivity contribution in [3.05, 3.63) is 0 Å². The van der Waals surface area contributed by atoms with E-state index in [9.17, 15) is 0 Å². The normalized spacial score (nSPS) is 20.6. The molecule has 0 saturated carbocycles. The summed E-state index contributed by atoms with van der Waals surface area (Å²) in [6, 6.07) is 0. The Bertz CT molecular complexity index is 27.2. The van der Waals surface area contributed by atoms with Gasteiger partial charge in [-0.3, -0.25) is 0 Å². The Labute approximate surface area is 91.4 Å². The first kappa shape index (κ1) is 8.95. The van der Waals surface area contributed by atoms with Crippen molar-refractivity contribution in [2.45, 2.75) is 0 Å². The molecule has 0 aromatic carbocycles. The standard InChI is InChI=1S/C4H9NS.K.H/c1-3-6-4-2-5-1;;/h5H,1-4H2;;. The molecule has 1 heterocycles. The zero-order valence-electron chi connectivity index (χ0n) is 3.74. The Balaban J connectivity index is 0.000000360. The van der Waals surface area contributed by atoms with Gasteiger partial charge in [0.25, 0.3) is 0 Å². The summed E-state index contributed by atoms with van der Waals surface area (Å²) >= 11 is 2.03. The van der Waals surface area contributed by atoms with Crippen molar-refractivity contribution < 1.29 is 0 Å². The predicted molar refractivity (Wildman–Crippen MR) is 37.3 cm³/mol. The summed E-state index contributed by atoms with van der Waals surface area (Å²) in [5.41, 5.74) is 0. The van der Waals surface area contributed by atoms with E-state index in [4.69, 9.17) is 0 Å². The van der Waals surface area contributed by atoms with Gasteiger partial charge in [0.15, 0.2) is 0 Å². The van der Waals surface area contributed by atoms with Crippen molar-refractivity contribution in [1.29, 1.82) is 0 Å². The van der Waals surface area contributed by atoms with E-state index in [0.29, 0.717) is 0 Å². The molecule has 1 saturated heterocycles. The van der Waals surface area contributed by atoms with Crippen molar-refractivity contribution in [1.82, 2.24) is 5.32 Å². The van der Waals surface area contributed by atoms with Crippen LogP contribution in [0.15, 0.2) is 0 Å². The molecular weight excluding hydrogens is 133 g/mol. The fourth-order valence-electron chi connectivity index (χ4n) is 0.516. The molecule has 1 nitrogen and oxygen atoms in total. The first-order valence-electron chi connectivity index (χ1n) is 2.28. The van der Waals surface area contributed by atoms with Crippen LogP contribution in [-0.4, -0.2) is 76.0 Å². The molecule has 1 N–H and O–H groups in total.